The normalized spacial score (nSPS) is 11.9. The fourth-order valence-electron chi connectivity index (χ4n) is 3.15. The molecule has 0 aliphatic carbocycles. The van der Waals surface area contributed by atoms with E-state index in [4.69, 9.17) is 0 Å². The molecule has 1 amide bonds. The van der Waals surface area contributed by atoms with E-state index >= 15 is 0 Å². The zero-order chi connectivity index (χ0) is 19.3. The number of carbonyl (C=O) groups is 1. The SMILES string of the molecule is O=C(Cn1c(=O)cnc2ccccc21)N[C@H](c1ccccc1)c1ccccn1. The first-order valence-electron chi connectivity index (χ1n) is 8.92. The van der Waals surface area contributed by atoms with Crippen LogP contribution in [0.2, 0.25) is 0 Å². The van der Waals surface area contributed by atoms with Gasteiger partial charge in [-0.05, 0) is 29.8 Å². The van der Waals surface area contributed by atoms with Gasteiger partial charge in [0, 0.05) is 6.20 Å². The largest absolute Gasteiger partial charge is 0.342 e. The highest BCUT2D eigenvalue weighted by atomic mass is 16.2. The number of benzene rings is 2. The number of rotatable bonds is 5. The summed E-state index contributed by atoms with van der Waals surface area (Å²) in [5.41, 5.74) is 2.62. The summed E-state index contributed by atoms with van der Waals surface area (Å²) in [5, 5.41) is 3.01. The molecule has 1 N–H and O–H groups in total. The maximum atomic E-state index is 12.8. The van der Waals surface area contributed by atoms with Gasteiger partial charge in [-0.1, -0.05) is 48.5 Å². The van der Waals surface area contributed by atoms with Gasteiger partial charge in [-0.25, -0.2) is 4.98 Å². The summed E-state index contributed by atoms with van der Waals surface area (Å²) in [6, 6.07) is 22.1. The molecular formula is C22H18N4O2. The molecule has 0 aliphatic rings. The number of nitrogens with one attached hydrogen (secondary N) is 1. The van der Waals surface area contributed by atoms with Crippen LogP contribution in [0, 0.1) is 0 Å². The van der Waals surface area contributed by atoms with Crippen molar-refractivity contribution < 1.29 is 4.79 Å². The lowest BCUT2D eigenvalue weighted by atomic mass is 10.0. The third kappa shape index (κ3) is 3.66. The molecule has 1 atom stereocenters. The topological polar surface area (TPSA) is 76.9 Å². The number of hydrogen-bond donors (Lipinski definition) is 1. The van der Waals surface area contributed by atoms with E-state index in [1.807, 2.05) is 66.7 Å². The minimum Gasteiger partial charge on any atom is -0.342 e. The zero-order valence-electron chi connectivity index (χ0n) is 15.0. The zero-order valence-corrected chi connectivity index (χ0v) is 15.0. The molecule has 0 bridgehead atoms. The van der Waals surface area contributed by atoms with E-state index < -0.39 is 6.04 Å². The number of aromatic nitrogens is 3. The molecule has 0 radical (unpaired) electrons. The number of pyridine rings is 1. The smallest absolute Gasteiger partial charge is 0.269 e. The van der Waals surface area contributed by atoms with Crippen LogP contribution in [0.4, 0.5) is 0 Å². The van der Waals surface area contributed by atoms with E-state index in [-0.39, 0.29) is 18.0 Å². The van der Waals surface area contributed by atoms with Gasteiger partial charge in [0.15, 0.2) is 0 Å². The second kappa shape index (κ2) is 7.84. The quantitative estimate of drug-likeness (QED) is 0.586. The van der Waals surface area contributed by atoms with Crippen LogP contribution in [0.5, 0.6) is 0 Å². The van der Waals surface area contributed by atoms with Crippen molar-refractivity contribution in [1.29, 1.82) is 0 Å². The molecule has 0 unspecified atom stereocenters. The first-order chi connectivity index (χ1) is 13.7. The first-order valence-corrected chi connectivity index (χ1v) is 8.92. The fourth-order valence-corrected chi connectivity index (χ4v) is 3.15. The van der Waals surface area contributed by atoms with E-state index in [2.05, 4.69) is 15.3 Å². The summed E-state index contributed by atoms with van der Waals surface area (Å²) in [4.78, 5) is 33.7. The van der Waals surface area contributed by atoms with Gasteiger partial charge in [-0.2, -0.15) is 0 Å². The maximum absolute atomic E-state index is 12.8. The third-order valence-electron chi connectivity index (χ3n) is 4.48. The molecule has 0 aliphatic heterocycles. The Kier molecular flexibility index (Phi) is 4.93. The van der Waals surface area contributed by atoms with E-state index in [9.17, 15) is 9.59 Å². The van der Waals surface area contributed by atoms with Crippen LogP contribution in [-0.2, 0) is 11.3 Å². The molecule has 0 saturated heterocycles. The highest BCUT2D eigenvalue weighted by Gasteiger charge is 2.18. The Morgan fingerprint density at radius 2 is 1.68 bits per heavy atom. The van der Waals surface area contributed by atoms with Crippen LogP contribution in [-0.4, -0.2) is 20.4 Å². The van der Waals surface area contributed by atoms with Crippen molar-refractivity contribution in [2.75, 3.05) is 0 Å². The maximum Gasteiger partial charge on any atom is 0.269 e. The summed E-state index contributed by atoms with van der Waals surface area (Å²) in [6.45, 7) is -0.0992. The molecule has 2 aromatic heterocycles. The number of amides is 1. The Morgan fingerprint density at radius 1 is 0.929 bits per heavy atom. The van der Waals surface area contributed by atoms with Gasteiger partial charge in [0.05, 0.1) is 29.0 Å². The molecule has 138 valence electrons. The second-order valence-corrected chi connectivity index (χ2v) is 6.34. The highest BCUT2D eigenvalue weighted by molar-refractivity contribution is 5.80. The average molecular weight is 370 g/mol. The summed E-state index contributed by atoms with van der Waals surface area (Å²) < 4.78 is 1.43. The number of carbonyl (C=O) groups excluding carboxylic acids is 1. The van der Waals surface area contributed by atoms with Crippen LogP contribution >= 0.6 is 0 Å². The van der Waals surface area contributed by atoms with E-state index in [0.717, 1.165) is 11.3 Å². The first kappa shape index (κ1) is 17.6. The van der Waals surface area contributed by atoms with Crippen LogP contribution in [0.1, 0.15) is 17.3 Å². The van der Waals surface area contributed by atoms with Crippen LogP contribution in [0.3, 0.4) is 0 Å². The molecule has 4 rings (SSSR count). The van der Waals surface area contributed by atoms with Crippen molar-refractivity contribution in [2.24, 2.45) is 0 Å². The molecule has 28 heavy (non-hydrogen) atoms. The van der Waals surface area contributed by atoms with Crippen LogP contribution in [0.15, 0.2) is 90.0 Å². The van der Waals surface area contributed by atoms with Crippen LogP contribution in [0.25, 0.3) is 11.0 Å². The Labute approximate surface area is 161 Å². The third-order valence-corrected chi connectivity index (χ3v) is 4.48. The van der Waals surface area contributed by atoms with E-state index in [0.29, 0.717) is 11.0 Å². The number of fused-ring (bicyclic) bond motifs is 1. The summed E-state index contributed by atoms with van der Waals surface area (Å²) in [6.07, 6.45) is 2.93. The lowest BCUT2D eigenvalue weighted by Gasteiger charge is -2.19. The predicted molar refractivity (Wildman–Crippen MR) is 107 cm³/mol. The highest BCUT2D eigenvalue weighted by Crippen LogP contribution is 2.20. The van der Waals surface area contributed by atoms with Gasteiger partial charge in [0.2, 0.25) is 5.91 Å². The average Bonchev–Trinajstić information content (AvgIpc) is 2.75. The summed E-state index contributed by atoms with van der Waals surface area (Å²) in [7, 11) is 0. The summed E-state index contributed by atoms with van der Waals surface area (Å²) >= 11 is 0. The van der Waals surface area contributed by atoms with Crippen molar-refractivity contribution in [3.63, 3.8) is 0 Å². The Balaban J connectivity index is 1.65. The van der Waals surface area contributed by atoms with Gasteiger partial charge in [0.25, 0.3) is 5.56 Å². The van der Waals surface area contributed by atoms with Crippen molar-refractivity contribution in [3.05, 3.63) is 107 Å². The fraction of sp³-hybridized carbons (Fsp3) is 0.0909. The van der Waals surface area contributed by atoms with Crippen LogP contribution < -0.4 is 10.9 Å². The number of hydrogen-bond acceptors (Lipinski definition) is 4. The lowest BCUT2D eigenvalue weighted by molar-refractivity contribution is -0.122. The minimum absolute atomic E-state index is 0.0992. The Hall–Kier alpha value is -3.80. The van der Waals surface area contributed by atoms with E-state index in [1.165, 1.54) is 10.8 Å². The van der Waals surface area contributed by atoms with Gasteiger partial charge in [-0.3, -0.25) is 19.1 Å². The molecule has 2 heterocycles. The van der Waals surface area contributed by atoms with Gasteiger partial charge in [-0.15, -0.1) is 0 Å². The molecule has 0 saturated carbocycles. The molecule has 0 fully saturated rings. The predicted octanol–water partition coefficient (Wildman–Crippen LogP) is 2.70. The minimum atomic E-state index is -0.404. The molecule has 6 heteroatoms. The van der Waals surface area contributed by atoms with Gasteiger partial charge >= 0.3 is 0 Å². The second-order valence-electron chi connectivity index (χ2n) is 6.34. The molecular weight excluding hydrogens is 352 g/mol. The van der Waals surface area contributed by atoms with Crippen molar-refractivity contribution >= 4 is 16.9 Å². The van der Waals surface area contributed by atoms with E-state index in [1.54, 1.807) is 12.3 Å². The lowest BCUT2D eigenvalue weighted by Crippen LogP contribution is -2.35. The molecule has 6 nitrogen and oxygen atoms in total. The van der Waals surface area contributed by atoms with Gasteiger partial charge < -0.3 is 5.32 Å². The number of nitrogens with zero attached hydrogens (tertiary/aromatic N) is 3. The van der Waals surface area contributed by atoms with Crippen molar-refractivity contribution in [3.8, 4) is 0 Å². The summed E-state index contributed by atoms with van der Waals surface area (Å²) in [5.74, 6) is -0.280. The Bertz CT molecular complexity index is 1120. The van der Waals surface area contributed by atoms with Crippen molar-refractivity contribution in [2.45, 2.75) is 12.6 Å². The van der Waals surface area contributed by atoms with Gasteiger partial charge in [0.1, 0.15) is 6.54 Å². The molecule has 2 aromatic carbocycles. The monoisotopic (exact) mass is 370 g/mol. The molecule has 4 aromatic rings. The van der Waals surface area contributed by atoms with Crippen molar-refractivity contribution in [1.82, 2.24) is 19.9 Å². The molecule has 0 spiro atoms. The standard InChI is InChI=1S/C22H18N4O2/c27-20(15-26-19-12-5-4-10-17(19)24-14-21(26)28)25-22(16-8-2-1-3-9-16)18-11-6-7-13-23-18/h1-14,22H,15H2,(H,25,27)/t22-/m1/s1. The Morgan fingerprint density at radius 3 is 2.46 bits per heavy atom. The number of para-hydroxylation sites is 2.